The number of aromatic amines is 1. The second-order valence-electron chi connectivity index (χ2n) is 5.66. The number of benzene rings is 2. The Labute approximate surface area is 149 Å². The van der Waals surface area contributed by atoms with Gasteiger partial charge in [0, 0.05) is 23.0 Å². The summed E-state index contributed by atoms with van der Waals surface area (Å²) in [4.78, 5) is 24.3. The molecule has 0 spiro atoms. The molecule has 0 bridgehead atoms. The monoisotopic (exact) mass is 344 g/mol. The van der Waals surface area contributed by atoms with Crippen molar-refractivity contribution in [2.45, 2.75) is 0 Å². The average molecular weight is 344 g/mol. The number of rotatable bonds is 4. The van der Waals surface area contributed by atoms with Crippen LogP contribution in [-0.2, 0) is 0 Å². The van der Waals surface area contributed by atoms with E-state index in [-0.39, 0.29) is 5.56 Å². The number of anilines is 2. The number of nitrogens with zero attached hydrogens (tertiary/aromatic N) is 2. The summed E-state index contributed by atoms with van der Waals surface area (Å²) in [6, 6.07) is 18.8. The van der Waals surface area contributed by atoms with Gasteiger partial charge >= 0.3 is 0 Å². The molecule has 6 nitrogen and oxygen atoms in total. The molecule has 2 aromatic carbocycles. The fourth-order valence-electron chi connectivity index (χ4n) is 2.87. The molecule has 2 N–H and O–H groups in total. The quantitative estimate of drug-likeness (QED) is 0.589. The summed E-state index contributed by atoms with van der Waals surface area (Å²) in [5.74, 6) is 1.03. The molecule has 0 atom stereocenters. The highest BCUT2D eigenvalue weighted by atomic mass is 16.5. The van der Waals surface area contributed by atoms with Gasteiger partial charge in [0.15, 0.2) is 5.65 Å². The zero-order valence-electron chi connectivity index (χ0n) is 14.1. The van der Waals surface area contributed by atoms with Crippen LogP contribution in [-0.4, -0.2) is 22.1 Å². The van der Waals surface area contributed by atoms with E-state index in [0.29, 0.717) is 22.7 Å². The lowest BCUT2D eigenvalue weighted by Gasteiger charge is -2.11. The molecule has 0 aliphatic rings. The molecule has 2 aromatic heterocycles. The normalized spacial score (nSPS) is 10.7. The largest absolute Gasteiger partial charge is 0.496 e. The average Bonchev–Trinajstić information content (AvgIpc) is 2.68. The van der Waals surface area contributed by atoms with Crippen molar-refractivity contribution in [3.63, 3.8) is 0 Å². The fourth-order valence-corrected chi connectivity index (χ4v) is 2.87. The highest BCUT2D eigenvalue weighted by Crippen LogP contribution is 2.32. The van der Waals surface area contributed by atoms with Crippen molar-refractivity contribution in [1.82, 2.24) is 15.0 Å². The predicted molar refractivity (Wildman–Crippen MR) is 102 cm³/mol. The Balaban J connectivity index is 1.86. The van der Waals surface area contributed by atoms with E-state index in [2.05, 4.69) is 20.3 Å². The number of nitrogens with one attached hydrogen (secondary N) is 2. The Kier molecular flexibility index (Phi) is 4.07. The van der Waals surface area contributed by atoms with Crippen LogP contribution in [0.2, 0.25) is 0 Å². The highest BCUT2D eigenvalue weighted by Gasteiger charge is 2.14. The maximum absolute atomic E-state index is 12.8. The molecular formula is C20H16N4O2. The van der Waals surface area contributed by atoms with Crippen molar-refractivity contribution in [2.75, 3.05) is 12.4 Å². The summed E-state index contributed by atoms with van der Waals surface area (Å²) in [7, 11) is 1.60. The van der Waals surface area contributed by atoms with Gasteiger partial charge in [0.25, 0.3) is 5.56 Å². The van der Waals surface area contributed by atoms with Crippen LogP contribution in [0.5, 0.6) is 5.75 Å². The fraction of sp³-hybridized carbons (Fsp3) is 0.0500. The molecule has 6 heteroatoms. The smallest absolute Gasteiger partial charge is 0.262 e. The van der Waals surface area contributed by atoms with Gasteiger partial charge in [-0.2, -0.15) is 4.98 Å². The topological polar surface area (TPSA) is 79.9 Å². The van der Waals surface area contributed by atoms with Crippen LogP contribution in [0.15, 0.2) is 71.7 Å². The van der Waals surface area contributed by atoms with E-state index < -0.39 is 0 Å². The van der Waals surface area contributed by atoms with Gasteiger partial charge in [-0.25, -0.2) is 4.98 Å². The standard InChI is InChI=1S/C20H16N4O2/c1-26-16-10-6-5-9-14(16)15-11-12-21-18-17(15)19(25)24-20(23-18)22-13-7-3-2-4-8-13/h2-12H,1H3,(H2,21,22,23,24,25). The number of fused-ring (bicyclic) bond motifs is 1. The first-order valence-electron chi connectivity index (χ1n) is 8.11. The Bertz CT molecular complexity index is 1120. The molecule has 0 saturated carbocycles. The maximum atomic E-state index is 12.8. The van der Waals surface area contributed by atoms with Crippen molar-refractivity contribution in [3.8, 4) is 16.9 Å². The van der Waals surface area contributed by atoms with Gasteiger partial charge < -0.3 is 10.1 Å². The van der Waals surface area contributed by atoms with E-state index in [4.69, 9.17) is 4.74 Å². The van der Waals surface area contributed by atoms with Crippen LogP contribution in [0.3, 0.4) is 0 Å². The summed E-state index contributed by atoms with van der Waals surface area (Å²) in [5.41, 5.74) is 2.49. The van der Waals surface area contributed by atoms with Crippen LogP contribution in [0, 0.1) is 0 Å². The van der Waals surface area contributed by atoms with Gasteiger partial charge in [-0.1, -0.05) is 36.4 Å². The minimum Gasteiger partial charge on any atom is -0.496 e. The van der Waals surface area contributed by atoms with Crippen LogP contribution < -0.4 is 15.6 Å². The lowest BCUT2D eigenvalue weighted by atomic mass is 10.0. The number of H-pyrrole nitrogens is 1. The molecular weight excluding hydrogens is 328 g/mol. The Morgan fingerprint density at radius 1 is 0.962 bits per heavy atom. The maximum Gasteiger partial charge on any atom is 0.262 e. The third-order valence-electron chi connectivity index (χ3n) is 4.04. The van der Waals surface area contributed by atoms with E-state index in [1.807, 2.05) is 54.6 Å². The van der Waals surface area contributed by atoms with Crippen molar-refractivity contribution < 1.29 is 4.74 Å². The molecule has 0 amide bonds. The Hall–Kier alpha value is -3.67. The van der Waals surface area contributed by atoms with Gasteiger partial charge in [-0.05, 0) is 24.3 Å². The summed E-state index contributed by atoms with van der Waals surface area (Å²) in [6.07, 6.45) is 1.64. The molecule has 26 heavy (non-hydrogen) atoms. The van der Waals surface area contributed by atoms with Crippen molar-refractivity contribution in [2.24, 2.45) is 0 Å². The molecule has 128 valence electrons. The third-order valence-corrected chi connectivity index (χ3v) is 4.04. The Morgan fingerprint density at radius 2 is 1.73 bits per heavy atom. The highest BCUT2D eigenvalue weighted by molar-refractivity contribution is 5.94. The minimum absolute atomic E-state index is 0.262. The van der Waals surface area contributed by atoms with Crippen molar-refractivity contribution in [3.05, 3.63) is 77.2 Å². The number of aromatic nitrogens is 3. The van der Waals surface area contributed by atoms with E-state index in [1.54, 1.807) is 19.4 Å². The molecule has 4 rings (SSSR count). The lowest BCUT2D eigenvalue weighted by Crippen LogP contribution is -2.13. The number of methoxy groups -OCH3 is 1. The zero-order chi connectivity index (χ0) is 17.9. The number of para-hydroxylation sites is 2. The summed E-state index contributed by atoms with van der Waals surface area (Å²) >= 11 is 0. The molecule has 0 saturated heterocycles. The SMILES string of the molecule is COc1ccccc1-c1ccnc2nc(Nc3ccccc3)[nH]c(=O)c12. The van der Waals surface area contributed by atoms with Gasteiger partial charge in [0.05, 0.1) is 12.5 Å². The molecule has 0 aliphatic heterocycles. The van der Waals surface area contributed by atoms with Crippen LogP contribution in [0.4, 0.5) is 11.6 Å². The van der Waals surface area contributed by atoms with E-state index in [1.165, 1.54) is 0 Å². The first kappa shape index (κ1) is 15.8. The van der Waals surface area contributed by atoms with Gasteiger partial charge in [-0.15, -0.1) is 0 Å². The van der Waals surface area contributed by atoms with E-state index in [9.17, 15) is 4.79 Å². The summed E-state index contributed by atoms with van der Waals surface area (Å²) in [6.45, 7) is 0. The molecule has 0 unspecified atom stereocenters. The minimum atomic E-state index is -0.262. The number of hydrogen-bond donors (Lipinski definition) is 2. The number of ether oxygens (including phenoxy) is 1. The molecule has 0 aliphatic carbocycles. The Morgan fingerprint density at radius 3 is 2.54 bits per heavy atom. The summed E-state index contributed by atoms with van der Waals surface area (Å²) < 4.78 is 5.43. The zero-order valence-corrected chi connectivity index (χ0v) is 14.1. The second-order valence-corrected chi connectivity index (χ2v) is 5.66. The lowest BCUT2D eigenvalue weighted by molar-refractivity contribution is 0.416. The van der Waals surface area contributed by atoms with Crippen LogP contribution in [0.1, 0.15) is 0 Å². The number of hydrogen-bond acceptors (Lipinski definition) is 5. The van der Waals surface area contributed by atoms with Crippen LogP contribution in [0.25, 0.3) is 22.2 Å². The molecule has 2 heterocycles. The van der Waals surface area contributed by atoms with Gasteiger partial charge in [0.1, 0.15) is 5.75 Å². The van der Waals surface area contributed by atoms with Gasteiger partial charge in [-0.3, -0.25) is 9.78 Å². The van der Waals surface area contributed by atoms with Crippen molar-refractivity contribution in [1.29, 1.82) is 0 Å². The predicted octanol–water partition coefficient (Wildman–Crippen LogP) is 3.74. The third kappa shape index (κ3) is 2.88. The molecule has 0 radical (unpaired) electrons. The van der Waals surface area contributed by atoms with Crippen LogP contribution >= 0.6 is 0 Å². The van der Waals surface area contributed by atoms with E-state index in [0.717, 1.165) is 16.8 Å². The number of pyridine rings is 1. The second kappa shape index (κ2) is 6.68. The first-order chi connectivity index (χ1) is 12.8. The summed E-state index contributed by atoms with van der Waals surface area (Å²) in [5, 5.41) is 3.51. The molecule has 0 fully saturated rings. The first-order valence-corrected chi connectivity index (χ1v) is 8.11. The molecule has 4 aromatic rings. The van der Waals surface area contributed by atoms with E-state index >= 15 is 0 Å². The van der Waals surface area contributed by atoms with Crippen molar-refractivity contribution >= 4 is 22.7 Å². The van der Waals surface area contributed by atoms with Gasteiger partial charge in [0.2, 0.25) is 5.95 Å².